The number of nitrogens with one attached hydrogen (secondary N) is 1. The third-order valence-corrected chi connectivity index (χ3v) is 6.76. The monoisotopic (exact) mass is 447 g/mol. The van der Waals surface area contributed by atoms with Crippen LogP contribution in [0.2, 0.25) is 0 Å². The van der Waals surface area contributed by atoms with Gasteiger partial charge in [-0.1, -0.05) is 0 Å². The van der Waals surface area contributed by atoms with E-state index in [1.54, 1.807) is 0 Å². The molecule has 2 heterocycles. The predicted octanol–water partition coefficient (Wildman–Crippen LogP) is 3.76. The first kappa shape index (κ1) is 22.4. The highest BCUT2D eigenvalue weighted by Crippen LogP contribution is 2.45. The molecule has 1 aliphatic heterocycles. The molecule has 1 saturated carbocycles. The Bertz CT molecular complexity index is 1110. The maximum absolute atomic E-state index is 15.5. The van der Waals surface area contributed by atoms with Gasteiger partial charge in [-0.15, -0.1) is 0 Å². The Balaban J connectivity index is 1.91. The maximum atomic E-state index is 15.5. The quantitative estimate of drug-likeness (QED) is 0.625. The van der Waals surface area contributed by atoms with Gasteiger partial charge in [0.25, 0.3) is 0 Å². The smallest absolute Gasteiger partial charge is 0.489 e. The largest absolute Gasteiger partial charge is 0.511 e. The first-order valence-corrected chi connectivity index (χ1v) is 11.1. The van der Waals surface area contributed by atoms with E-state index in [0.717, 1.165) is 19.3 Å². The van der Waals surface area contributed by atoms with Crippen molar-refractivity contribution in [1.82, 2.24) is 9.88 Å². The fourth-order valence-electron chi connectivity index (χ4n) is 4.56. The number of hydrogen-bond acceptors (Lipinski definition) is 6. The molecule has 0 radical (unpaired) electrons. The summed E-state index contributed by atoms with van der Waals surface area (Å²) in [5, 5.41) is 12.4. The zero-order chi connectivity index (χ0) is 23.2. The number of anilines is 1. The van der Waals surface area contributed by atoms with Crippen LogP contribution in [0.3, 0.4) is 0 Å². The summed E-state index contributed by atoms with van der Waals surface area (Å²) in [7, 11) is 1.93. The number of halogens is 1. The van der Waals surface area contributed by atoms with Gasteiger partial charge in [0.15, 0.2) is 17.3 Å². The lowest BCUT2D eigenvalue weighted by Crippen LogP contribution is -2.45. The Labute approximate surface area is 185 Å². The van der Waals surface area contributed by atoms with Gasteiger partial charge >= 0.3 is 6.16 Å². The second kappa shape index (κ2) is 8.27. The lowest BCUT2D eigenvalue weighted by molar-refractivity contribution is 0.143. The zero-order valence-electron chi connectivity index (χ0n) is 18.9. The molecule has 4 rings (SSSR count). The first-order valence-electron chi connectivity index (χ1n) is 11.1. The molecule has 1 aliphatic carbocycles. The van der Waals surface area contributed by atoms with Crippen molar-refractivity contribution in [2.75, 3.05) is 31.6 Å². The van der Waals surface area contributed by atoms with Crippen LogP contribution in [0.1, 0.15) is 46.1 Å². The molecule has 1 aromatic carbocycles. The Kier molecular flexibility index (Phi) is 5.79. The lowest BCUT2D eigenvalue weighted by Gasteiger charge is -2.32. The molecular formula is C23H30FN3O5. The second-order valence-corrected chi connectivity index (χ2v) is 9.10. The number of rotatable bonds is 7. The van der Waals surface area contributed by atoms with E-state index in [1.807, 2.05) is 23.4 Å². The van der Waals surface area contributed by atoms with Gasteiger partial charge in [-0.3, -0.25) is 4.79 Å². The Morgan fingerprint density at radius 2 is 2.06 bits per heavy atom. The van der Waals surface area contributed by atoms with Crippen molar-refractivity contribution in [2.45, 2.75) is 51.6 Å². The van der Waals surface area contributed by atoms with Crippen LogP contribution >= 0.6 is 0 Å². The van der Waals surface area contributed by atoms with Crippen molar-refractivity contribution < 1.29 is 23.8 Å². The molecule has 1 saturated heterocycles. The number of nitrogens with zero attached hydrogens (tertiary/aromatic N) is 2. The van der Waals surface area contributed by atoms with Crippen LogP contribution in [0.4, 0.5) is 14.9 Å². The predicted molar refractivity (Wildman–Crippen MR) is 120 cm³/mol. The highest BCUT2D eigenvalue weighted by atomic mass is 19.1. The molecule has 1 atom stereocenters. The molecule has 0 spiro atoms. The summed E-state index contributed by atoms with van der Waals surface area (Å²) in [5.74, 6) is -0.246. The third kappa shape index (κ3) is 3.90. The van der Waals surface area contributed by atoms with Crippen LogP contribution in [0, 0.1) is 11.7 Å². The van der Waals surface area contributed by atoms with Crippen molar-refractivity contribution in [2.24, 2.45) is 5.92 Å². The van der Waals surface area contributed by atoms with Gasteiger partial charge in [0.2, 0.25) is 5.43 Å². The highest BCUT2D eigenvalue weighted by molar-refractivity contribution is 5.92. The molecule has 0 unspecified atom stereocenters. The molecule has 1 aromatic heterocycles. The minimum Gasteiger partial charge on any atom is -0.489 e. The van der Waals surface area contributed by atoms with Gasteiger partial charge in [0.1, 0.15) is 5.69 Å². The number of ether oxygens (including phenoxy) is 2. The van der Waals surface area contributed by atoms with Gasteiger partial charge in [-0.25, -0.2) is 9.18 Å². The summed E-state index contributed by atoms with van der Waals surface area (Å²) < 4.78 is 28.0. The SMILES string of the molecule is CCOc1c(N2CC[C@@H](C(C)(C)NC)C2)c(F)cc2c(=O)c(OC(=O)O)cn(C3CC3)c12. The van der Waals surface area contributed by atoms with Gasteiger partial charge in [-0.2, -0.15) is 0 Å². The van der Waals surface area contributed by atoms with Crippen molar-refractivity contribution in [3.05, 3.63) is 28.3 Å². The topological polar surface area (TPSA) is 93.0 Å². The molecule has 2 aliphatic rings. The van der Waals surface area contributed by atoms with Gasteiger partial charge < -0.3 is 29.4 Å². The van der Waals surface area contributed by atoms with E-state index < -0.39 is 17.4 Å². The number of carbonyl (C=O) groups is 1. The summed E-state index contributed by atoms with van der Waals surface area (Å²) in [4.78, 5) is 26.0. The van der Waals surface area contributed by atoms with Crippen molar-refractivity contribution >= 4 is 22.7 Å². The number of hydrogen-bond donors (Lipinski definition) is 2. The van der Waals surface area contributed by atoms with Gasteiger partial charge in [-0.05, 0) is 59.1 Å². The number of fused-ring (bicyclic) bond motifs is 1. The summed E-state index contributed by atoms with van der Waals surface area (Å²) in [6.07, 6.45) is 2.49. The summed E-state index contributed by atoms with van der Waals surface area (Å²) in [6, 6.07) is 1.28. The van der Waals surface area contributed by atoms with Crippen molar-refractivity contribution in [3.63, 3.8) is 0 Å². The highest BCUT2D eigenvalue weighted by Gasteiger charge is 2.37. The number of benzene rings is 1. The first-order chi connectivity index (χ1) is 15.2. The van der Waals surface area contributed by atoms with E-state index in [9.17, 15) is 9.59 Å². The van der Waals surface area contributed by atoms with E-state index in [-0.39, 0.29) is 22.7 Å². The number of carboxylic acid groups (broad SMARTS) is 1. The molecule has 0 amide bonds. The molecule has 0 bridgehead atoms. The molecular weight excluding hydrogens is 417 g/mol. The summed E-state index contributed by atoms with van der Waals surface area (Å²) >= 11 is 0. The molecule has 174 valence electrons. The van der Waals surface area contributed by atoms with E-state index in [1.165, 1.54) is 12.3 Å². The molecule has 8 nitrogen and oxygen atoms in total. The van der Waals surface area contributed by atoms with Crippen LogP contribution in [-0.4, -0.2) is 48.1 Å². The summed E-state index contributed by atoms with van der Waals surface area (Å²) in [6.45, 7) is 7.72. The van der Waals surface area contributed by atoms with E-state index in [4.69, 9.17) is 14.6 Å². The molecule has 2 N–H and O–H groups in total. The molecule has 32 heavy (non-hydrogen) atoms. The van der Waals surface area contributed by atoms with E-state index in [2.05, 4.69) is 19.2 Å². The van der Waals surface area contributed by atoms with Crippen LogP contribution in [-0.2, 0) is 0 Å². The minimum absolute atomic E-state index is 0.0617. The average molecular weight is 448 g/mol. The van der Waals surface area contributed by atoms with Crippen LogP contribution in [0.5, 0.6) is 11.5 Å². The molecule has 9 heteroatoms. The number of pyridine rings is 1. The van der Waals surface area contributed by atoms with E-state index in [0.29, 0.717) is 42.6 Å². The van der Waals surface area contributed by atoms with Crippen LogP contribution in [0.15, 0.2) is 17.1 Å². The van der Waals surface area contributed by atoms with Crippen LogP contribution < -0.4 is 25.1 Å². The van der Waals surface area contributed by atoms with Gasteiger partial charge in [0.05, 0.1) is 23.7 Å². The Hall–Kier alpha value is -2.81. The average Bonchev–Trinajstić information content (AvgIpc) is 3.46. The molecule has 2 aromatic rings. The van der Waals surface area contributed by atoms with Gasteiger partial charge in [0, 0.05) is 24.7 Å². The normalized spacial score (nSPS) is 18.9. The second-order valence-electron chi connectivity index (χ2n) is 9.10. The minimum atomic E-state index is -1.58. The fourth-order valence-corrected chi connectivity index (χ4v) is 4.56. The zero-order valence-corrected chi connectivity index (χ0v) is 18.9. The standard InChI is InChI=1S/C23H30FN3O5/c1-5-31-21-18-15(20(28)17(32-22(29)30)12-27(18)14-6-7-14)10-16(24)19(21)26-9-8-13(11-26)23(2,3)25-4/h10,12-14,25H,5-9,11H2,1-4H3,(H,29,30)/t13-/m1/s1. The number of aromatic nitrogens is 1. The Morgan fingerprint density at radius 1 is 1.34 bits per heavy atom. The fraction of sp³-hybridized carbons (Fsp3) is 0.565. The lowest BCUT2D eigenvalue weighted by atomic mass is 9.87. The third-order valence-electron chi connectivity index (χ3n) is 6.76. The molecule has 2 fully saturated rings. The van der Waals surface area contributed by atoms with Crippen molar-refractivity contribution in [1.29, 1.82) is 0 Å². The van der Waals surface area contributed by atoms with Crippen molar-refractivity contribution in [3.8, 4) is 11.5 Å². The maximum Gasteiger partial charge on any atom is 0.511 e. The van der Waals surface area contributed by atoms with Crippen LogP contribution in [0.25, 0.3) is 10.9 Å². The summed E-state index contributed by atoms with van der Waals surface area (Å²) in [5.41, 5.74) is 0.0770. The van der Waals surface area contributed by atoms with E-state index >= 15 is 4.39 Å². The Morgan fingerprint density at radius 3 is 2.66 bits per heavy atom.